The van der Waals surface area contributed by atoms with Crippen LogP contribution in [-0.4, -0.2) is 50.3 Å². The molecule has 1 fully saturated rings. The highest BCUT2D eigenvalue weighted by molar-refractivity contribution is 5.78. The summed E-state index contributed by atoms with van der Waals surface area (Å²) in [6.07, 6.45) is 1.80. The molecule has 0 saturated carbocycles. The molecule has 1 aliphatic rings. The number of morpholine rings is 1. The average molecular weight is 295 g/mol. The summed E-state index contributed by atoms with van der Waals surface area (Å²) < 4.78 is 23.5. The zero-order valence-electron chi connectivity index (χ0n) is 12.1. The Morgan fingerprint density at radius 1 is 1.24 bits per heavy atom. The van der Waals surface area contributed by atoms with E-state index in [4.69, 9.17) is 15.2 Å². The Bertz CT molecular complexity index is 445. The van der Waals surface area contributed by atoms with Crippen LogP contribution in [0.5, 0.6) is 5.75 Å². The molecule has 1 aliphatic heterocycles. The van der Waals surface area contributed by atoms with Gasteiger partial charge in [0.1, 0.15) is 11.6 Å². The Kier molecular flexibility index (Phi) is 6.27. The SMILES string of the molecule is NC(=NCCCCOc1ccc(F)cc1)N1CCOCC1. The number of ether oxygens (including phenoxy) is 2. The molecule has 6 heteroatoms. The molecule has 21 heavy (non-hydrogen) atoms. The Morgan fingerprint density at radius 2 is 1.95 bits per heavy atom. The van der Waals surface area contributed by atoms with Gasteiger partial charge in [-0.3, -0.25) is 4.99 Å². The van der Waals surface area contributed by atoms with Crippen LogP contribution in [0.15, 0.2) is 29.3 Å². The highest BCUT2D eigenvalue weighted by Crippen LogP contribution is 2.11. The lowest BCUT2D eigenvalue weighted by atomic mass is 10.3. The topological polar surface area (TPSA) is 60.1 Å². The minimum absolute atomic E-state index is 0.254. The second kappa shape index (κ2) is 8.46. The molecule has 2 N–H and O–H groups in total. The lowest BCUT2D eigenvalue weighted by Gasteiger charge is -2.27. The lowest BCUT2D eigenvalue weighted by Crippen LogP contribution is -2.44. The molecule has 0 aliphatic carbocycles. The van der Waals surface area contributed by atoms with Crippen LogP contribution in [-0.2, 0) is 4.74 Å². The molecule has 1 aromatic carbocycles. The fraction of sp³-hybridized carbons (Fsp3) is 0.533. The maximum Gasteiger partial charge on any atom is 0.191 e. The third-order valence-electron chi connectivity index (χ3n) is 3.24. The quantitative estimate of drug-likeness (QED) is 0.492. The number of aliphatic imine (C=N–C) groups is 1. The normalized spacial score (nSPS) is 16.0. The van der Waals surface area contributed by atoms with Gasteiger partial charge in [0.15, 0.2) is 5.96 Å². The molecule has 0 amide bonds. The Morgan fingerprint density at radius 3 is 2.67 bits per heavy atom. The molecule has 2 rings (SSSR count). The molecule has 1 saturated heterocycles. The third kappa shape index (κ3) is 5.59. The zero-order chi connectivity index (χ0) is 14.9. The summed E-state index contributed by atoms with van der Waals surface area (Å²) >= 11 is 0. The van der Waals surface area contributed by atoms with E-state index < -0.39 is 0 Å². The average Bonchev–Trinajstić information content (AvgIpc) is 2.53. The van der Waals surface area contributed by atoms with Gasteiger partial charge < -0.3 is 20.1 Å². The number of hydrogen-bond donors (Lipinski definition) is 1. The van der Waals surface area contributed by atoms with Crippen molar-refractivity contribution in [3.63, 3.8) is 0 Å². The molecule has 0 aromatic heterocycles. The monoisotopic (exact) mass is 295 g/mol. The standard InChI is InChI=1S/C15H22FN3O2/c16-13-3-5-14(6-4-13)21-10-2-1-7-18-15(17)19-8-11-20-12-9-19/h3-6H,1-2,7-12H2,(H2,17,18). The van der Waals surface area contributed by atoms with E-state index in [1.165, 1.54) is 12.1 Å². The molecular weight excluding hydrogens is 273 g/mol. The fourth-order valence-electron chi connectivity index (χ4n) is 2.02. The summed E-state index contributed by atoms with van der Waals surface area (Å²) in [6, 6.07) is 6.04. The first-order chi connectivity index (χ1) is 10.3. The second-order valence-corrected chi connectivity index (χ2v) is 4.85. The first-order valence-electron chi connectivity index (χ1n) is 7.27. The molecule has 0 bridgehead atoms. The minimum atomic E-state index is -0.254. The largest absolute Gasteiger partial charge is 0.494 e. The smallest absolute Gasteiger partial charge is 0.191 e. The van der Waals surface area contributed by atoms with Crippen LogP contribution in [0.2, 0.25) is 0 Å². The number of nitrogens with zero attached hydrogens (tertiary/aromatic N) is 2. The number of halogens is 1. The second-order valence-electron chi connectivity index (χ2n) is 4.85. The van der Waals surface area contributed by atoms with Crippen molar-refractivity contribution in [2.45, 2.75) is 12.8 Å². The van der Waals surface area contributed by atoms with Gasteiger partial charge in [0.2, 0.25) is 0 Å². The van der Waals surface area contributed by atoms with Gasteiger partial charge in [0, 0.05) is 19.6 Å². The Balaban J connectivity index is 1.57. The lowest BCUT2D eigenvalue weighted by molar-refractivity contribution is 0.0674. The maximum atomic E-state index is 12.7. The van der Waals surface area contributed by atoms with E-state index in [9.17, 15) is 4.39 Å². The van der Waals surface area contributed by atoms with Crippen molar-refractivity contribution in [2.24, 2.45) is 10.7 Å². The van der Waals surface area contributed by atoms with Crippen LogP contribution in [0.1, 0.15) is 12.8 Å². The summed E-state index contributed by atoms with van der Waals surface area (Å²) in [5.74, 6) is 1.03. The van der Waals surface area contributed by atoms with Gasteiger partial charge in [-0.05, 0) is 37.1 Å². The maximum absolute atomic E-state index is 12.7. The number of benzene rings is 1. The number of nitrogens with two attached hydrogens (primary N) is 1. The van der Waals surface area contributed by atoms with Gasteiger partial charge in [0.25, 0.3) is 0 Å². The molecular formula is C15H22FN3O2. The molecule has 1 heterocycles. The Labute approximate surface area is 124 Å². The summed E-state index contributed by atoms with van der Waals surface area (Å²) in [6.45, 7) is 4.32. The molecule has 0 unspecified atom stereocenters. The zero-order valence-corrected chi connectivity index (χ0v) is 12.1. The highest BCUT2D eigenvalue weighted by atomic mass is 19.1. The summed E-state index contributed by atoms with van der Waals surface area (Å²) in [4.78, 5) is 6.40. The molecule has 0 radical (unpaired) electrons. The van der Waals surface area contributed by atoms with E-state index in [0.29, 0.717) is 38.1 Å². The van der Waals surface area contributed by atoms with Crippen LogP contribution in [0, 0.1) is 5.82 Å². The van der Waals surface area contributed by atoms with Crippen molar-refractivity contribution in [2.75, 3.05) is 39.5 Å². The van der Waals surface area contributed by atoms with Crippen LogP contribution in [0.4, 0.5) is 4.39 Å². The number of guanidine groups is 1. The summed E-state index contributed by atoms with van der Waals surface area (Å²) in [5.41, 5.74) is 5.92. The first-order valence-corrected chi connectivity index (χ1v) is 7.27. The number of rotatable bonds is 6. The van der Waals surface area contributed by atoms with E-state index in [1.54, 1.807) is 12.1 Å². The van der Waals surface area contributed by atoms with Crippen LogP contribution >= 0.6 is 0 Å². The number of unbranched alkanes of at least 4 members (excludes halogenated alkanes) is 1. The summed E-state index contributed by atoms with van der Waals surface area (Å²) in [5, 5.41) is 0. The molecule has 116 valence electrons. The van der Waals surface area contributed by atoms with Gasteiger partial charge in [-0.25, -0.2) is 4.39 Å². The highest BCUT2D eigenvalue weighted by Gasteiger charge is 2.11. The molecule has 5 nitrogen and oxygen atoms in total. The van der Waals surface area contributed by atoms with Gasteiger partial charge in [0.05, 0.1) is 19.8 Å². The van der Waals surface area contributed by atoms with Crippen LogP contribution in [0.25, 0.3) is 0 Å². The number of hydrogen-bond acceptors (Lipinski definition) is 3. The third-order valence-corrected chi connectivity index (χ3v) is 3.24. The predicted molar refractivity (Wildman–Crippen MR) is 80.0 cm³/mol. The van der Waals surface area contributed by atoms with E-state index in [-0.39, 0.29) is 5.82 Å². The molecule has 0 spiro atoms. The van der Waals surface area contributed by atoms with E-state index >= 15 is 0 Å². The van der Waals surface area contributed by atoms with E-state index in [2.05, 4.69) is 4.99 Å². The minimum Gasteiger partial charge on any atom is -0.494 e. The van der Waals surface area contributed by atoms with Crippen molar-refractivity contribution < 1.29 is 13.9 Å². The van der Waals surface area contributed by atoms with Gasteiger partial charge in [-0.1, -0.05) is 0 Å². The van der Waals surface area contributed by atoms with Crippen molar-refractivity contribution in [3.8, 4) is 5.75 Å². The Hall–Kier alpha value is -1.82. The van der Waals surface area contributed by atoms with Crippen LogP contribution < -0.4 is 10.5 Å². The van der Waals surface area contributed by atoms with E-state index in [1.807, 2.05) is 4.90 Å². The first kappa shape index (κ1) is 15.6. The van der Waals surface area contributed by atoms with Crippen molar-refractivity contribution in [3.05, 3.63) is 30.1 Å². The van der Waals surface area contributed by atoms with Crippen molar-refractivity contribution in [1.82, 2.24) is 4.90 Å². The van der Waals surface area contributed by atoms with Crippen LogP contribution in [0.3, 0.4) is 0 Å². The van der Waals surface area contributed by atoms with Gasteiger partial charge in [-0.2, -0.15) is 0 Å². The molecule has 0 atom stereocenters. The van der Waals surface area contributed by atoms with Gasteiger partial charge >= 0.3 is 0 Å². The van der Waals surface area contributed by atoms with Crippen molar-refractivity contribution in [1.29, 1.82) is 0 Å². The van der Waals surface area contributed by atoms with Gasteiger partial charge in [-0.15, -0.1) is 0 Å². The van der Waals surface area contributed by atoms with E-state index in [0.717, 1.165) is 25.9 Å². The fourth-order valence-corrected chi connectivity index (χ4v) is 2.02. The summed E-state index contributed by atoms with van der Waals surface area (Å²) in [7, 11) is 0. The predicted octanol–water partition coefficient (Wildman–Crippen LogP) is 1.63. The molecule has 1 aromatic rings. The van der Waals surface area contributed by atoms with Crippen molar-refractivity contribution >= 4 is 5.96 Å².